The van der Waals surface area contributed by atoms with Crippen molar-refractivity contribution in [2.45, 2.75) is 20.8 Å². The van der Waals surface area contributed by atoms with Crippen molar-refractivity contribution in [3.63, 3.8) is 0 Å². The number of carbonyl (C=O) groups is 1. The average Bonchev–Trinajstić information content (AvgIpc) is 2.65. The number of nitrogens with two attached hydrogens (primary N) is 1. The minimum Gasteiger partial charge on any atom is -0.462 e. The van der Waals surface area contributed by atoms with Crippen molar-refractivity contribution in [2.24, 2.45) is 0 Å². The van der Waals surface area contributed by atoms with E-state index in [9.17, 15) is 4.79 Å². The van der Waals surface area contributed by atoms with Gasteiger partial charge in [0.1, 0.15) is 0 Å². The van der Waals surface area contributed by atoms with Crippen LogP contribution in [-0.2, 0) is 4.74 Å². The van der Waals surface area contributed by atoms with E-state index in [4.69, 9.17) is 10.5 Å². The van der Waals surface area contributed by atoms with Crippen LogP contribution < -0.4 is 5.73 Å². The predicted octanol–water partition coefficient (Wildman–Crippen LogP) is 4.79. The van der Waals surface area contributed by atoms with Gasteiger partial charge in [0.2, 0.25) is 0 Å². The molecule has 1 heterocycles. The maximum absolute atomic E-state index is 12.5. The summed E-state index contributed by atoms with van der Waals surface area (Å²) in [5, 5.41) is 0. The number of aryl methyl sites for hydroxylation is 2. The zero-order valence-corrected chi connectivity index (χ0v) is 15.2. The molecule has 2 aromatic carbocycles. The molecule has 26 heavy (non-hydrogen) atoms. The number of carbonyl (C=O) groups excluding carboxylic acids is 1. The van der Waals surface area contributed by atoms with Gasteiger partial charge in [-0.1, -0.05) is 54.6 Å². The Morgan fingerprint density at radius 3 is 2.12 bits per heavy atom. The Morgan fingerprint density at radius 1 is 0.923 bits per heavy atom. The number of benzene rings is 2. The van der Waals surface area contributed by atoms with E-state index in [0.29, 0.717) is 34.8 Å². The highest BCUT2D eigenvalue weighted by Gasteiger charge is 2.22. The van der Waals surface area contributed by atoms with Crippen LogP contribution in [0.5, 0.6) is 0 Å². The first kappa shape index (κ1) is 17.7. The van der Waals surface area contributed by atoms with E-state index < -0.39 is 5.97 Å². The Balaban J connectivity index is 2.12. The van der Waals surface area contributed by atoms with Gasteiger partial charge in [0, 0.05) is 5.56 Å². The molecule has 0 saturated heterocycles. The molecule has 0 saturated carbocycles. The fraction of sp³-hybridized carbons (Fsp3) is 0.182. The van der Waals surface area contributed by atoms with E-state index in [1.165, 1.54) is 0 Å². The number of nitrogens with zero attached hydrogens (tertiary/aromatic N) is 1. The van der Waals surface area contributed by atoms with Crippen LogP contribution in [0.25, 0.3) is 22.3 Å². The summed E-state index contributed by atoms with van der Waals surface area (Å²) in [6, 6.07) is 18.2. The number of pyridine rings is 1. The van der Waals surface area contributed by atoms with Crippen molar-refractivity contribution >= 4 is 11.7 Å². The molecule has 0 amide bonds. The monoisotopic (exact) mass is 346 g/mol. The van der Waals surface area contributed by atoms with Gasteiger partial charge in [-0.05, 0) is 37.5 Å². The normalized spacial score (nSPS) is 10.6. The molecule has 132 valence electrons. The van der Waals surface area contributed by atoms with Crippen LogP contribution in [0.2, 0.25) is 0 Å². The molecule has 3 rings (SSSR count). The standard InChI is InChI=1S/C22H22N2O2/c1-4-26-22(25)19-14(2)24-15(3)21(23)20(19)18-12-10-17(11-13-18)16-8-6-5-7-9-16/h5-13H,4,23H2,1-3H3. The summed E-state index contributed by atoms with van der Waals surface area (Å²) in [6.07, 6.45) is 0. The molecule has 0 aliphatic rings. The van der Waals surface area contributed by atoms with E-state index >= 15 is 0 Å². The molecule has 0 atom stereocenters. The summed E-state index contributed by atoms with van der Waals surface area (Å²) in [4.78, 5) is 16.9. The first-order valence-corrected chi connectivity index (χ1v) is 8.62. The zero-order chi connectivity index (χ0) is 18.7. The molecule has 0 unspecified atom stereocenters. The van der Waals surface area contributed by atoms with Crippen LogP contribution in [0.4, 0.5) is 5.69 Å². The van der Waals surface area contributed by atoms with Gasteiger partial charge in [-0.3, -0.25) is 4.98 Å². The van der Waals surface area contributed by atoms with Crippen molar-refractivity contribution < 1.29 is 9.53 Å². The molecule has 0 bridgehead atoms. The molecule has 0 aliphatic carbocycles. The second-order valence-electron chi connectivity index (χ2n) is 6.11. The third kappa shape index (κ3) is 3.31. The van der Waals surface area contributed by atoms with Gasteiger partial charge in [-0.15, -0.1) is 0 Å². The van der Waals surface area contributed by atoms with Crippen LogP contribution in [-0.4, -0.2) is 17.6 Å². The van der Waals surface area contributed by atoms with Crippen LogP contribution >= 0.6 is 0 Å². The summed E-state index contributed by atoms with van der Waals surface area (Å²) in [7, 11) is 0. The number of ether oxygens (including phenoxy) is 1. The topological polar surface area (TPSA) is 65.2 Å². The van der Waals surface area contributed by atoms with Crippen molar-refractivity contribution in [3.8, 4) is 22.3 Å². The summed E-state index contributed by atoms with van der Waals surface area (Å²) < 4.78 is 5.22. The molecular weight excluding hydrogens is 324 g/mol. The minimum atomic E-state index is -0.397. The van der Waals surface area contributed by atoms with Gasteiger partial charge in [-0.25, -0.2) is 4.79 Å². The Labute approximate surface area is 153 Å². The molecule has 4 nitrogen and oxygen atoms in total. The fourth-order valence-corrected chi connectivity index (χ4v) is 3.08. The Kier molecular flexibility index (Phi) is 5.03. The Hall–Kier alpha value is -3.14. The van der Waals surface area contributed by atoms with Crippen LogP contribution in [0, 0.1) is 13.8 Å². The minimum absolute atomic E-state index is 0.304. The van der Waals surface area contributed by atoms with Gasteiger partial charge in [0.15, 0.2) is 0 Å². The number of hydrogen-bond acceptors (Lipinski definition) is 4. The van der Waals surface area contributed by atoms with Gasteiger partial charge >= 0.3 is 5.97 Å². The van der Waals surface area contributed by atoms with E-state index in [1.54, 1.807) is 13.8 Å². The summed E-state index contributed by atoms with van der Waals surface area (Å²) >= 11 is 0. The van der Waals surface area contributed by atoms with Crippen molar-refractivity contribution in [1.82, 2.24) is 4.98 Å². The number of anilines is 1. The van der Waals surface area contributed by atoms with Crippen LogP contribution in [0.3, 0.4) is 0 Å². The van der Waals surface area contributed by atoms with E-state index in [-0.39, 0.29) is 0 Å². The third-order valence-corrected chi connectivity index (χ3v) is 4.37. The van der Waals surface area contributed by atoms with Gasteiger partial charge in [0.25, 0.3) is 0 Å². The maximum Gasteiger partial charge on any atom is 0.340 e. The van der Waals surface area contributed by atoms with Gasteiger partial charge < -0.3 is 10.5 Å². The van der Waals surface area contributed by atoms with Crippen molar-refractivity contribution in [2.75, 3.05) is 12.3 Å². The summed E-state index contributed by atoms with van der Waals surface area (Å²) in [5.41, 5.74) is 12.4. The second-order valence-corrected chi connectivity index (χ2v) is 6.11. The summed E-state index contributed by atoms with van der Waals surface area (Å²) in [6.45, 7) is 5.74. The highest BCUT2D eigenvalue weighted by Crippen LogP contribution is 2.34. The first-order chi connectivity index (χ1) is 12.5. The molecule has 3 aromatic rings. The highest BCUT2D eigenvalue weighted by molar-refractivity contribution is 6.02. The van der Waals surface area contributed by atoms with Crippen LogP contribution in [0.15, 0.2) is 54.6 Å². The fourth-order valence-electron chi connectivity index (χ4n) is 3.08. The Morgan fingerprint density at radius 2 is 1.50 bits per heavy atom. The molecule has 2 N–H and O–H groups in total. The quantitative estimate of drug-likeness (QED) is 0.690. The number of nitrogen functional groups attached to an aromatic ring is 1. The van der Waals surface area contributed by atoms with Crippen molar-refractivity contribution in [3.05, 3.63) is 71.5 Å². The first-order valence-electron chi connectivity index (χ1n) is 8.62. The molecule has 4 heteroatoms. The van der Waals surface area contributed by atoms with Crippen LogP contribution in [0.1, 0.15) is 28.7 Å². The number of rotatable bonds is 4. The zero-order valence-electron chi connectivity index (χ0n) is 15.2. The van der Waals surface area contributed by atoms with E-state index in [2.05, 4.69) is 17.1 Å². The lowest BCUT2D eigenvalue weighted by Gasteiger charge is -2.16. The smallest absolute Gasteiger partial charge is 0.340 e. The molecule has 0 aliphatic heterocycles. The number of aromatic nitrogens is 1. The molecular formula is C22H22N2O2. The molecule has 1 aromatic heterocycles. The average molecular weight is 346 g/mol. The largest absolute Gasteiger partial charge is 0.462 e. The molecule has 0 fully saturated rings. The van der Waals surface area contributed by atoms with E-state index in [1.807, 2.05) is 49.4 Å². The van der Waals surface area contributed by atoms with Gasteiger partial charge in [-0.2, -0.15) is 0 Å². The lowest BCUT2D eigenvalue weighted by Crippen LogP contribution is -2.13. The highest BCUT2D eigenvalue weighted by atomic mass is 16.5. The third-order valence-electron chi connectivity index (χ3n) is 4.37. The lowest BCUT2D eigenvalue weighted by atomic mass is 9.94. The summed E-state index contributed by atoms with van der Waals surface area (Å²) in [5.74, 6) is -0.397. The SMILES string of the molecule is CCOC(=O)c1c(C)nc(C)c(N)c1-c1ccc(-c2ccccc2)cc1. The maximum atomic E-state index is 12.5. The Bertz CT molecular complexity index is 933. The predicted molar refractivity (Wildman–Crippen MR) is 105 cm³/mol. The van der Waals surface area contributed by atoms with Gasteiger partial charge in [0.05, 0.1) is 29.2 Å². The number of esters is 1. The molecule has 0 radical (unpaired) electrons. The number of hydrogen-bond donors (Lipinski definition) is 1. The second kappa shape index (κ2) is 7.40. The lowest BCUT2D eigenvalue weighted by molar-refractivity contribution is 0.0526. The molecule has 0 spiro atoms. The van der Waals surface area contributed by atoms with Crippen molar-refractivity contribution in [1.29, 1.82) is 0 Å². The van der Waals surface area contributed by atoms with E-state index in [0.717, 1.165) is 16.7 Å².